The predicted molar refractivity (Wildman–Crippen MR) is 120 cm³/mol. The van der Waals surface area contributed by atoms with E-state index in [1.807, 2.05) is 6.92 Å². The van der Waals surface area contributed by atoms with E-state index in [2.05, 4.69) is 25.4 Å². The first-order valence-electron chi connectivity index (χ1n) is 11.1. The van der Waals surface area contributed by atoms with Crippen LogP contribution in [0.2, 0.25) is 0 Å². The summed E-state index contributed by atoms with van der Waals surface area (Å²) in [6, 6.07) is 2.84. The van der Waals surface area contributed by atoms with Crippen LogP contribution < -0.4 is 5.32 Å². The van der Waals surface area contributed by atoms with E-state index in [0.717, 1.165) is 10.5 Å². The van der Waals surface area contributed by atoms with E-state index >= 15 is 0 Å². The molecule has 0 aliphatic carbocycles. The molecule has 1 aliphatic rings. The first-order valence-corrected chi connectivity index (χ1v) is 11.1. The smallest absolute Gasteiger partial charge is 0.352 e. The summed E-state index contributed by atoms with van der Waals surface area (Å²) in [5.74, 6) is -4.56. The van der Waals surface area contributed by atoms with Gasteiger partial charge in [-0.25, -0.2) is 18.7 Å². The zero-order valence-corrected chi connectivity index (χ0v) is 19.7. The molecule has 13 heteroatoms. The third-order valence-electron chi connectivity index (χ3n) is 6.01. The third-order valence-corrected chi connectivity index (χ3v) is 6.01. The molecular weight excluding hydrogens is 485 g/mol. The van der Waals surface area contributed by atoms with Crippen molar-refractivity contribution in [2.45, 2.75) is 38.4 Å². The van der Waals surface area contributed by atoms with Gasteiger partial charge in [0.15, 0.2) is 5.69 Å². The van der Waals surface area contributed by atoms with Gasteiger partial charge in [0.1, 0.15) is 0 Å². The van der Waals surface area contributed by atoms with E-state index < -0.39 is 48.5 Å². The van der Waals surface area contributed by atoms with E-state index in [-0.39, 0.29) is 18.2 Å². The Balaban J connectivity index is 1.61. The SMILES string of the molecule is Cc1ccnc(-c2cn(C)nc2C(=O)N2CC(F)(F)CC(C)C2CNc2ncc(C(F)(F)F)cn2)c1. The summed E-state index contributed by atoms with van der Waals surface area (Å²) in [4.78, 5) is 26.3. The standard InChI is InChI=1S/C23H24F5N7O/c1-13-4-5-29-17(6-13)16-11-34(3)33-19(16)20(36)35-12-22(24,25)7-14(2)18(35)10-32-21-30-8-15(9-31-21)23(26,27)28/h4-6,8-9,11,14,18H,7,10,12H2,1-3H3,(H,30,31,32). The Morgan fingerprint density at radius 1 is 1.22 bits per heavy atom. The number of alkyl halides is 5. The van der Waals surface area contributed by atoms with Crippen LogP contribution in [0.5, 0.6) is 0 Å². The second-order valence-electron chi connectivity index (χ2n) is 9.00. The fraction of sp³-hybridized carbons (Fsp3) is 0.435. The minimum atomic E-state index is -4.59. The highest BCUT2D eigenvalue weighted by Crippen LogP contribution is 2.36. The predicted octanol–water partition coefficient (Wildman–Crippen LogP) is 4.20. The summed E-state index contributed by atoms with van der Waals surface area (Å²) in [7, 11) is 1.62. The maximum absolute atomic E-state index is 14.6. The number of amides is 1. The Labute approximate surface area is 203 Å². The molecule has 1 aliphatic heterocycles. The third kappa shape index (κ3) is 5.44. The molecule has 0 bridgehead atoms. The lowest BCUT2D eigenvalue weighted by Crippen LogP contribution is -2.57. The van der Waals surface area contributed by atoms with Crippen molar-refractivity contribution in [3.8, 4) is 11.3 Å². The summed E-state index contributed by atoms with van der Waals surface area (Å²) in [5, 5.41) is 7.02. The molecule has 0 radical (unpaired) electrons. The number of pyridine rings is 1. The molecule has 2 atom stereocenters. The quantitative estimate of drug-likeness (QED) is 0.519. The molecule has 3 aromatic rings. The largest absolute Gasteiger partial charge is 0.419 e. The Kier molecular flexibility index (Phi) is 6.67. The molecule has 0 aromatic carbocycles. The first-order chi connectivity index (χ1) is 16.8. The maximum atomic E-state index is 14.6. The molecule has 0 spiro atoms. The Morgan fingerprint density at radius 3 is 2.56 bits per heavy atom. The summed E-state index contributed by atoms with van der Waals surface area (Å²) in [6.07, 6.45) is -0.593. The molecule has 8 nitrogen and oxygen atoms in total. The second kappa shape index (κ2) is 9.43. The summed E-state index contributed by atoms with van der Waals surface area (Å²) in [5.41, 5.74) is 0.764. The van der Waals surface area contributed by atoms with E-state index in [4.69, 9.17) is 0 Å². The molecule has 192 valence electrons. The van der Waals surface area contributed by atoms with E-state index in [1.54, 1.807) is 38.5 Å². The highest BCUT2D eigenvalue weighted by Gasteiger charge is 2.47. The van der Waals surface area contributed by atoms with Crippen LogP contribution in [0.1, 0.15) is 35.0 Å². The number of likely N-dealkylation sites (tertiary alicyclic amines) is 1. The molecule has 36 heavy (non-hydrogen) atoms. The van der Waals surface area contributed by atoms with Crippen molar-refractivity contribution < 1.29 is 26.7 Å². The van der Waals surface area contributed by atoms with Crippen molar-refractivity contribution in [2.24, 2.45) is 13.0 Å². The van der Waals surface area contributed by atoms with Crippen molar-refractivity contribution in [2.75, 3.05) is 18.4 Å². The van der Waals surface area contributed by atoms with Gasteiger partial charge in [0.05, 0.1) is 29.4 Å². The van der Waals surface area contributed by atoms with Gasteiger partial charge in [-0.2, -0.15) is 18.3 Å². The zero-order chi connectivity index (χ0) is 26.3. The normalized spacial score (nSPS) is 19.8. The van der Waals surface area contributed by atoms with Gasteiger partial charge in [-0.05, 0) is 30.5 Å². The van der Waals surface area contributed by atoms with Crippen LogP contribution in [0.25, 0.3) is 11.3 Å². The van der Waals surface area contributed by atoms with Gasteiger partial charge in [-0.1, -0.05) is 6.92 Å². The molecule has 1 fully saturated rings. The number of nitrogens with one attached hydrogen (secondary N) is 1. The van der Waals surface area contributed by atoms with Gasteiger partial charge < -0.3 is 10.2 Å². The van der Waals surface area contributed by atoms with Crippen LogP contribution in [-0.2, 0) is 13.2 Å². The average Bonchev–Trinajstić information content (AvgIpc) is 3.18. The Bertz CT molecular complexity index is 1240. The molecular formula is C23H24F5N7O. The second-order valence-corrected chi connectivity index (χ2v) is 9.00. The van der Waals surface area contributed by atoms with E-state index in [0.29, 0.717) is 23.7 Å². The van der Waals surface area contributed by atoms with Crippen molar-refractivity contribution in [3.63, 3.8) is 0 Å². The minimum Gasteiger partial charge on any atom is -0.352 e. The zero-order valence-electron chi connectivity index (χ0n) is 19.7. The van der Waals surface area contributed by atoms with E-state index in [9.17, 15) is 26.7 Å². The number of rotatable bonds is 5. The van der Waals surface area contributed by atoms with Gasteiger partial charge in [0.2, 0.25) is 5.95 Å². The molecule has 1 amide bonds. The number of carbonyl (C=O) groups is 1. The monoisotopic (exact) mass is 509 g/mol. The number of aromatic nitrogens is 5. The highest BCUT2D eigenvalue weighted by molar-refractivity contribution is 5.98. The lowest BCUT2D eigenvalue weighted by Gasteiger charge is -2.43. The fourth-order valence-electron chi connectivity index (χ4n) is 4.29. The maximum Gasteiger partial charge on any atom is 0.419 e. The highest BCUT2D eigenvalue weighted by atomic mass is 19.4. The van der Waals surface area contributed by atoms with Crippen molar-refractivity contribution in [1.29, 1.82) is 0 Å². The molecule has 1 N–H and O–H groups in total. The minimum absolute atomic E-state index is 0.0173. The molecule has 4 rings (SSSR count). The fourth-order valence-corrected chi connectivity index (χ4v) is 4.29. The van der Waals surface area contributed by atoms with Crippen LogP contribution in [0.4, 0.5) is 27.9 Å². The number of anilines is 1. The lowest BCUT2D eigenvalue weighted by molar-refractivity contribution is -0.138. The van der Waals surface area contributed by atoms with Gasteiger partial charge in [0.25, 0.3) is 11.8 Å². The van der Waals surface area contributed by atoms with Gasteiger partial charge in [-0.15, -0.1) is 0 Å². The van der Waals surface area contributed by atoms with Gasteiger partial charge >= 0.3 is 6.18 Å². The van der Waals surface area contributed by atoms with Crippen molar-refractivity contribution >= 4 is 11.9 Å². The summed E-state index contributed by atoms with van der Waals surface area (Å²) in [6.45, 7) is 2.59. The lowest BCUT2D eigenvalue weighted by atomic mass is 9.88. The van der Waals surface area contributed by atoms with E-state index in [1.165, 1.54) is 4.68 Å². The van der Waals surface area contributed by atoms with Crippen LogP contribution >= 0.6 is 0 Å². The number of carbonyl (C=O) groups excluding carboxylic acids is 1. The van der Waals surface area contributed by atoms with Crippen molar-refractivity contribution in [3.05, 3.63) is 53.7 Å². The van der Waals surface area contributed by atoms with Gasteiger partial charge in [0, 0.05) is 44.8 Å². The number of hydrogen-bond donors (Lipinski definition) is 1. The number of hydrogen-bond acceptors (Lipinski definition) is 6. The molecule has 4 heterocycles. The van der Waals surface area contributed by atoms with Crippen LogP contribution in [0.3, 0.4) is 0 Å². The molecule has 0 saturated carbocycles. The first kappa shape index (κ1) is 25.5. The Morgan fingerprint density at radius 2 is 1.92 bits per heavy atom. The number of halogens is 5. The summed E-state index contributed by atoms with van der Waals surface area (Å²) >= 11 is 0. The van der Waals surface area contributed by atoms with Crippen LogP contribution in [0.15, 0.2) is 36.9 Å². The topological polar surface area (TPSA) is 88.8 Å². The van der Waals surface area contributed by atoms with Crippen molar-refractivity contribution in [1.82, 2.24) is 29.6 Å². The van der Waals surface area contributed by atoms with Gasteiger partial charge in [-0.3, -0.25) is 14.5 Å². The van der Waals surface area contributed by atoms with Crippen LogP contribution in [-0.4, -0.2) is 60.6 Å². The number of piperidine rings is 1. The number of nitrogens with zero attached hydrogens (tertiary/aromatic N) is 6. The Hall–Kier alpha value is -3.64. The molecule has 1 saturated heterocycles. The average molecular weight is 509 g/mol. The molecule has 2 unspecified atom stereocenters. The summed E-state index contributed by atoms with van der Waals surface area (Å²) < 4.78 is 68.9. The molecule has 3 aromatic heterocycles. The number of aryl methyl sites for hydroxylation is 2. The van der Waals surface area contributed by atoms with Crippen LogP contribution in [0, 0.1) is 12.8 Å².